The molecule has 102 valence electrons. The molecule has 0 fully saturated rings. The van der Waals surface area contributed by atoms with E-state index in [0.717, 1.165) is 6.07 Å². The van der Waals surface area contributed by atoms with E-state index in [1.807, 2.05) is 20.8 Å². The van der Waals surface area contributed by atoms with Crippen LogP contribution in [0.5, 0.6) is 0 Å². The van der Waals surface area contributed by atoms with Crippen molar-refractivity contribution in [3.63, 3.8) is 0 Å². The summed E-state index contributed by atoms with van der Waals surface area (Å²) >= 11 is 0. The molecule has 0 aliphatic carbocycles. The molecule has 2 atom stereocenters. The monoisotopic (exact) mass is 258 g/mol. The molecule has 1 rings (SSSR count). The quantitative estimate of drug-likeness (QED) is 0.850. The van der Waals surface area contributed by atoms with Gasteiger partial charge in [-0.2, -0.15) is 0 Å². The number of hydrogen-bond acceptors (Lipinski definition) is 2. The average molecular weight is 258 g/mol. The van der Waals surface area contributed by atoms with Gasteiger partial charge >= 0.3 is 0 Å². The number of aliphatic hydroxyl groups excluding tert-OH is 1. The molecular formula is C14H20F2O2. The molecule has 2 unspecified atom stereocenters. The van der Waals surface area contributed by atoms with Gasteiger partial charge in [0.05, 0.1) is 12.2 Å². The van der Waals surface area contributed by atoms with Gasteiger partial charge in [-0.15, -0.1) is 0 Å². The van der Waals surface area contributed by atoms with Crippen LogP contribution in [0.4, 0.5) is 8.78 Å². The molecule has 0 amide bonds. The van der Waals surface area contributed by atoms with Gasteiger partial charge in [0.15, 0.2) is 11.6 Å². The fourth-order valence-corrected chi connectivity index (χ4v) is 1.99. The zero-order valence-corrected chi connectivity index (χ0v) is 11.0. The van der Waals surface area contributed by atoms with Gasteiger partial charge in [-0.3, -0.25) is 0 Å². The van der Waals surface area contributed by atoms with Crippen LogP contribution < -0.4 is 0 Å². The molecule has 0 aliphatic rings. The van der Waals surface area contributed by atoms with Crippen LogP contribution in [0.2, 0.25) is 0 Å². The van der Waals surface area contributed by atoms with Crippen molar-refractivity contribution in [3.8, 4) is 0 Å². The first-order valence-corrected chi connectivity index (χ1v) is 6.19. The van der Waals surface area contributed by atoms with E-state index in [0.29, 0.717) is 6.61 Å². The second-order valence-electron chi connectivity index (χ2n) is 4.65. The third-order valence-corrected chi connectivity index (χ3v) is 2.86. The van der Waals surface area contributed by atoms with Crippen molar-refractivity contribution in [1.29, 1.82) is 0 Å². The van der Waals surface area contributed by atoms with Crippen molar-refractivity contribution in [2.75, 3.05) is 6.61 Å². The second-order valence-corrected chi connectivity index (χ2v) is 4.65. The Morgan fingerprint density at radius 3 is 2.50 bits per heavy atom. The minimum absolute atomic E-state index is 0.0481. The lowest BCUT2D eigenvalue weighted by molar-refractivity contribution is -0.0565. The molecule has 0 bridgehead atoms. The predicted octanol–water partition coefficient (Wildman–Crippen LogP) is 2.93. The van der Waals surface area contributed by atoms with Crippen LogP contribution in [0.3, 0.4) is 0 Å². The third kappa shape index (κ3) is 3.75. The molecule has 0 radical (unpaired) electrons. The minimum Gasteiger partial charge on any atom is -0.390 e. The van der Waals surface area contributed by atoms with Crippen molar-refractivity contribution in [2.24, 2.45) is 5.92 Å². The summed E-state index contributed by atoms with van der Waals surface area (Å²) in [5.41, 5.74) is 0.174. The van der Waals surface area contributed by atoms with Gasteiger partial charge < -0.3 is 9.84 Å². The Balaban J connectivity index is 2.79. The minimum atomic E-state index is -0.893. The summed E-state index contributed by atoms with van der Waals surface area (Å²) in [4.78, 5) is 0. The number of halogens is 2. The summed E-state index contributed by atoms with van der Waals surface area (Å²) < 4.78 is 32.0. The molecule has 0 spiro atoms. The first kappa shape index (κ1) is 15.1. The van der Waals surface area contributed by atoms with Gasteiger partial charge in [0.2, 0.25) is 0 Å². The smallest absolute Gasteiger partial charge is 0.162 e. The van der Waals surface area contributed by atoms with Crippen LogP contribution in [0.15, 0.2) is 18.2 Å². The maximum absolute atomic E-state index is 13.5. The van der Waals surface area contributed by atoms with Crippen molar-refractivity contribution in [3.05, 3.63) is 35.4 Å². The molecule has 18 heavy (non-hydrogen) atoms. The number of benzene rings is 1. The van der Waals surface area contributed by atoms with E-state index in [9.17, 15) is 13.9 Å². The Bertz CT molecular complexity index is 380. The van der Waals surface area contributed by atoms with Crippen LogP contribution in [0.1, 0.15) is 26.3 Å². The molecule has 4 heteroatoms. The van der Waals surface area contributed by atoms with E-state index in [-0.39, 0.29) is 24.0 Å². The fourth-order valence-electron chi connectivity index (χ4n) is 1.99. The van der Waals surface area contributed by atoms with Crippen molar-refractivity contribution >= 4 is 0 Å². The highest BCUT2D eigenvalue weighted by molar-refractivity contribution is 5.20. The third-order valence-electron chi connectivity index (χ3n) is 2.86. The Morgan fingerprint density at radius 2 is 1.94 bits per heavy atom. The van der Waals surface area contributed by atoms with E-state index < -0.39 is 17.7 Å². The van der Waals surface area contributed by atoms with Crippen LogP contribution in [-0.4, -0.2) is 23.9 Å². The van der Waals surface area contributed by atoms with E-state index in [2.05, 4.69) is 0 Å². The normalized spacial score (nSPS) is 14.8. The van der Waals surface area contributed by atoms with E-state index >= 15 is 0 Å². The molecule has 0 saturated heterocycles. The Labute approximate surface area is 107 Å². The van der Waals surface area contributed by atoms with Gasteiger partial charge in [0.25, 0.3) is 0 Å². The zero-order valence-electron chi connectivity index (χ0n) is 11.0. The summed E-state index contributed by atoms with van der Waals surface area (Å²) in [5, 5.41) is 10.1. The highest BCUT2D eigenvalue weighted by Crippen LogP contribution is 2.18. The maximum atomic E-state index is 13.5. The molecule has 0 aromatic heterocycles. The predicted molar refractivity (Wildman–Crippen MR) is 66.3 cm³/mol. The standard InChI is InChI=1S/C14H20F2O2/c1-4-18-14(9(2)3)12(17)8-10-6-5-7-11(15)13(10)16/h5-7,9,12,14,17H,4,8H2,1-3H3. The molecule has 1 N–H and O–H groups in total. The van der Waals surface area contributed by atoms with Crippen molar-refractivity contribution in [1.82, 2.24) is 0 Å². The molecule has 2 nitrogen and oxygen atoms in total. The summed E-state index contributed by atoms with van der Waals surface area (Å²) in [7, 11) is 0. The Hall–Kier alpha value is -1.00. The van der Waals surface area contributed by atoms with Gasteiger partial charge in [0.1, 0.15) is 0 Å². The van der Waals surface area contributed by atoms with Gasteiger partial charge in [-0.25, -0.2) is 8.78 Å². The SMILES string of the molecule is CCOC(C(C)C)C(O)Cc1cccc(F)c1F. The topological polar surface area (TPSA) is 29.5 Å². The molecule has 0 aliphatic heterocycles. The van der Waals surface area contributed by atoms with Gasteiger partial charge in [-0.1, -0.05) is 26.0 Å². The van der Waals surface area contributed by atoms with E-state index in [4.69, 9.17) is 4.74 Å². The van der Waals surface area contributed by atoms with Crippen LogP contribution >= 0.6 is 0 Å². The lowest BCUT2D eigenvalue weighted by atomic mass is 9.96. The largest absolute Gasteiger partial charge is 0.390 e. The number of rotatable bonds is 6. The lowest BCUT2D eigenvalue weighted by Crippen LogP contribution is -2.35. The summed E-state index contributed by atoms with van der Waals surface area (Å²) in [6.45, 7) is 6.16. The van der Waals surface area contributed by atoms with Crippen LogP contribution in [0.25, 0.3) is 0 Å². The molecule has 0 heterocycles. The Kier molecular flexibility index (Phi) is 5.69. The highest BCUT2D eigenvalue weighted by Gasteiger charge is 2.24. The first-order chi connectivity index (χ1) is 8.47. The Morgan fingerprint density at radius 1 is 1.28 bits per heavy atom. The number of ether oxygens (including phenoxy) is 1. The highest BCUT2D eigenvalue weighted by atomic mass is 19.2. The first-order valence-electron chi connectivity index (χ1n) is 6.19. The van der Waals surface area contributed by atoms with Gasteiger partial charge in [0, 0.05) is 13.0 Å². The number of aliphatic hydroxyl groups is 1. The second kappa shape index (κ2) is 6.81. The van der Waals surface area contributed by atoms with Crippen molar-refractivity contribution in [2.45, 2.75) is 39.4 Å². The van der Waals surface area contributed by atoms with Crippen molar-refractivity contribution < 1.29 is 18.6 Å². The summed E-state index contributed by atoms with van der Waals surface area (Å²) in [6, 6.07) is 3.98. The molecule has 0 saturated carbocycles. The summed E-state index contributed by atoms with van der Waals surface area (Å²) in [5.74, 6) is -1.68. The fraction of sp³-hybridized carbons (Fsp3) is 0.571. The van der Waals surface area contributed by atoms with Crippen LogP contribution in [0, 0.1) is 17.6 Å². The maximum Gasteiger partial charge on any atom is 0.162 e. The van der Waals surface area contributed by atoms with Crippen LogP contribution in [-0.2, 0) is 11.2 Å². The average Bonchev–Trinajstić information content (AvgIpc) is 2.31. The van der Waals surface area contributed by atoms with E-state index in [1.165, 1.54) is 12.1 Å². The zero-order chi connectivity index (χ0) is 13.7. The van der Waals surface area contributed by atoms with E-state index in [1.54, 1.807) is 0 Å². The molecule has 1 aromatic rings. The molecular weight excluding hydrogens is 238 g/mol. The number of hydrogen-bond donors (Lipinski definition) is 1. The molecule has 1 aromatic carbocycles. The summed E-state index contributed by atoms with van der Waals surface area (Å²) in [6.07, 6.45) is -1.18. The lowest BCUT2D eigenvalue weighted by Gasteiger charge is -2.26. The van der Waals surface area contributed by atoms with Gasteiger partial charge in [-0.05, 0) is 24.5 Å².